The number of rotatable bonds is 4. The Morgan fingerprint density at radius 3 is 2.16 bits per heavy atom. The molecule has 4 rings (SSSR count). The molecule has 0 atom stereocenters. The summed E-state index contributed by atoms with van der Waals surface area (Å²) in [4.78, 5) is 46.7. The van der Waals surface area contributed by atoms with E-state index in [1.807, 2.05) is 18.2 Å². The lowest BCUT2D eigenvalue weighted by molar-refractivity contribution is 0.0696. The maximum absolute atomic E-state index is 11.8. The molecular formula is C20H10O5. The molecule has 0 bridgehead atoms. The Bertz CT molecular complexity index is 1220. The van der Waals surface area contributed by atoms with Crippen molar-refractivity contribution < 1.29 is 24.3 Å². The smallest absolute Gasteiger partial charge is 0.337 e. The van der Waals surface area contributed by atoms with Gasteiger partial charge in [0.25, 0.3) is 0 Å². The summed E-state index contributed by atoms with van der Waals surface area (Å²) < 4.78 is 0. The van der Waals surface area contributed by atoms with Gasteiger partial charge in [0, 0.05) is 22.1 Å². The fourth-order valence-electron chi connectivity index (χ4n) is 3.65. The highest BCUT2D eigenvalue weighted by Gasteiger charge is 2.24. The molecule has 1 N–H and O–H groups in total. The van der Waals surface area contributed by atoms with Crippen LogP contribution in [0.15, 0.2) is 36.4 Å². The van der Waals surface area contributed by atoms with Gasteiger partial charge in [0.05, 0.1) is 5.56 Å². The second kappa shape index (κ2) is 5.21. The fourth-order valence-corrected chi connectivity index (χ4v) is 3.65. The Kier molecular flexibility index (Phi) is 3.12. The molecular weight excluding hydrogens is 320 g/mol. The van der Waals surface area contributed by atoms with E-state index in [4.69, 9.17) is 0 Å². The summed E-state index contributed by atoms with van der Waals surface area (Å²) in [6.07, 6.45) is 1.41. The monoisotopic (exact) mass is 330 g/mol. The molecule has 0 heterocycles. The van der Waals surface area contributed by atoms with E-state index in [0.29, 0.717) is 35.0 Å². The largest absolute Gasteiger partial charge is 0.478 e. The molecule has 0 saturated heterocycles. The summed E-state index contributed by atoms with van der Waals surface area (Å²) in [5, 5.41) is 13.2. The molecule has 0 radical (unpaired) electrons. The van der Waals surface area contributed by atoms with E-state index in [1.54, 1.807) is 18.2 Å². The lowest BCUT2D eigenvalue weighted by Crippen LogP contribution is -2.09. The Hall–Kier alpha value is -3.60. The van der Waals surface area contributed by atoms with Crippen LogP contribution in [0, 0.1) is 0 Å². The number of carbonyl (C=O) groups is 4. The number of hydrogen-bond donors (Lipinski definition) is 1. The molecule has 0 aliphatic carbocycles. The maximum Gasteiger partial charge on any atom is 0.337 e. The van der Waals surface area contributed by atoms with Gasteiger partial charge in [-0.1, -0.05) is 30.3 Å². The van der Waals surface area contributed by atoms with Crippen LogP contribution < -0.4 is 0 Å². The van der Waals surface area contributed by atoms with Crippen LogP contribution in [0.25, 0.3) is 32.3 Å². The maximum atomic E-state index is 11.8. The molecule has 120 valence electrons. The van der Waals surface area contributed by atoms with Crippen LogP contribution in [-0.4, -0.2) is 29.9 Å². The summed E-state index contributed by atoms with van der Waals surface area (Å²) >= 11 is 0. The van der Waals surface area contributed by atoms with Gasteiger partial charge in [-0.15, -0.1) is 0 Å². The number of aromatic carboxylic acids is 1. The van der Waals surface area contributed by atoms with Crippen molar-refractivity contribution >= 4 is 57.1 Å². The molecule has 0 aliphatic heterocycles. The first-order chi connectivity index (χ1) is 12.1. The average molecular weight is 330 g/mol. The van der Waals surface area contributed by atoms with Gasteiger partial charge in [-0.05, 0) is 33.0 Å². The van der Waals surface area contributed by atoms with Crippen LogP contribution in [0.3, 0.4) is 0 Å². The predicted molar refractivity (Wildman–Crippen MR) is 93.3 cm³/mol. The molecule has 5 heteroatoms. The molecule has 0 aromatic heterocycles. The first-order valence-corrected chi connectivity index (χ1v) is 7.48. The second-order valence-electron chi connectivity index (χ2n) is 5.77. The Morgan fingerprint density at radius 1 is 0.800 bits per heavy atom. The number of aldehydes is 3. The molecule has 4 aromatic rings. The molecule has 0 spiro atoms. The zero-order valence-electron chi connectivity index (χ0n) is 12.8. The van der Waals surface area contributed by atoms with Gasteiger partial charge in [0.1, 0.15) is 0 Å². The van der Waals surface area contributed by atoms with E-state index in [0.717, 1.165) is 16.2 Å². The van der Waals surface area contributed by atoms with E-state index in [-0.39, 0.29) is 22.3 Å². The highest BCUT2D eigenvalue weighted by molar-refractivity contribution is 6.32. The molecule has 0 saturated carbocycles. The minimum atomic E-state index is -1.30. The SMILES string of the molecule is O=Cc1c(C(=O)O)c2ccc3cccc4cc(C=O)c(c1C=O)c2c34. The summed E-state index contributed by atoms with van der Waals surface area (Å²) in [5.74, 6) is -1.30. The summed E-state index contributed by atoms with van der Waals surface area (Å²) in [5.41, 5.74) is -0.255. The number of carboxylic acids is 1. The quantitative estimate of drug-likeness (QED) is 0.455. The topological polar surface area (TPSA) is 88.5 Å². The first kappa shape index (κ1) is 15.0. The molecule has 0 unspecified atom stereocenters. The Balaban J connectivity index is 2.50. The zero-order valence-corrected chi connectivity index (χ0v) is 12.8. The van der Waals surface area contributed by atoms with Crippen molar-refractivity contribution in [2.24, 2.45) is 0 Å². The van der Waals surface area contributed by atoms with Crippen LogP contribution >= 0.6 is 0 Å². The van der Waals surface area contributed by atoms with E-state index in [9.17, 15) is 24.3 Å². The number of hydrogen-bond acceptors (Lipinski definition) is 4. The van der Waals surface area contributed by atoms with Crippen LogP contribution in [0.4, 0.5) is 0 Å². The summed E-state index contributed by atoms with van der Waals surface area (Å²) in [6.45, 7) is 0. The van der Waals surface area contributed by atoms with Crippen LogP contribution in [0.1, 0.15) is 41.4 Å². The lowest BCUT2D eigenvalue weighted by Gasteiger charge is -2.17. The van der Waals surface area contributed by atoms with E-state index < -0.39 is 5.97 Å². The van der Waals surface area contributed by atoms with Gasteiger partial charge in [0.2, 0.25) is 0 Å². The van der Waals surface area contributed by atoms with Crippen molar-refractivity contribution in [3.05, 3.63) is 58.7 Å². The molecule has 0 fully saturated rings. The minimum Gasteiger partial charge on any atom is -0.478 e. The van der Waals surface area contributed by atoms with Crippen LogP contribution in [-0.2, 0) is 0 Å². The van der Waals surface area contributed by atoms with Gasteiger partial charge in [-0.3, -0.25) is 14.4 Å². The highest BCUT2D eigenvalue weighted by Crippen LogP contribution is 2.40. The van der Waals surface area contributed by atoms with Crippen molar-refractivity contribution in [3.8, 4) is 0 Å². The second-order valence-corrected chi connectivity index (χ2v) is 5.77. The van der Waals surface area contributed by atoms with Crippen LogP contribution in [0.2, 0.25) is 0 Å². The van der Waals surface area contributed by atoms with Gasteiger partial charge in [0.15, 0.2) is 18.9 Å². The van der Waals surface area contributed by atoms with Crippen molar-refractivity contribution in [1.29, 1.82) is 0 Å². The van der Waals surface area contributed by atoms with Crippen LogP contribution in [0.5, 0.6) is 0 Å². The normalized spacial score (nSPS) is 11.2. The summed E-state index contributed by atoms with van der Waals surface area (Å²) in [6, 6.07) is 10.6. The Morgan fingerprint density at radius 2 is 1.52 bits per heavy atom. The molecule has 0 amide bonds. The molecule has 4 aromatic carbocycles. The molecule has 5 nitrogen and oxygen atoms in total. The predicted octanol–water partition coefficient (Wildman–Crippen LogP) is 3.72. The van der Waals surface area contributed by atoms with Gasteiger partial charge < -0.3 is 5.11 Å². The highest BCUT2D eigenvalue weighted by atomic mass is 16.4. The van der Waals surface area contributed by atoms with Gasteiger partial charge in [-0.25, -0.2) is 4.79 Å². The number of carboxylic acid groups (broad SMARTS) is 1. The van der Waals surface area contributed by atoms with Crippen molar-refractivity contribution in [2.75, 3.05) is 0 Å². The summed E-state index contributed by atoms with van der Waals surface area (Å²) in [7, 11) is 0. The first-order valence-electron chi connectivity index (χ1n) is 7.48. The zero-order chi connectivity index (χ0) is 17.7. The number of carbonyl (C=O) groups excluding carboxylic acids is 3. The van der Waals surface area contributed by atoms with E-state index >= 15 is 0 Å². The average Bonchev–Trinajstić information content (AvgIpc) is 2.63. The lowest BCUT2D eigenvalue weighted by atomic mass is 9.84. The standard InChI is InChI=1S/C20H10O5/c21-7-12-6-11-3-1-2-10-4-5-13-18(20(24)25)15(9-23)14(8-22)17(12)19(13)16(10)11/h1-9H,(H,24,25). The Labute approximate surface area is 140 Å². The number of benzene rings is 4. The van der Waals surface area contributed by atoms with Gasteiger partial charge in [-0.2, -0.15) is 0 Å². The minimum absolute atomic E-state index is 0.0692. The van der Waals surface area contributed by atoms with E-state index in [1.165, 1.54) is 0 Å². The third-order valence-electron chi connectivity index (χ3n) is 4.60. The third-order valence-corrected chi connectivity index (χ3v) is 4.60. The fraction of sp³-hybridized carbons (Fsp3) is 0. The third kappa shape index (κ3) is 1.83. The molecule has 25 heavy (non-hydrogen) atoms. The molecule has 0 aliphatic rings. The van der Waals surface area contributed by atoms with E-state index in [2.05, 4.69) is 0 Å². The van der Waals surface area contributed by atoms with Crippen molar-refractivity contribution in [3.63, 3.8) is 0 Å². The van der Waals surface area contributed by atoms with Crippen molar-refractivity contribution in [1.82, 2.24) is 0 Å². The van der Waals surface area contributed by atoms with Crippen molar-refractivity contribution in [2.45, 2.75) is 0 Å². The van der Waals surface area contributed by atoms with Gasteiger partial charge >= 0.3 is 5.97 Å².